The zero-order chi connectivity index (χ0) is 13.2. The Hall–Kier alpha value is 0.260. The molecule has 0 N–H and O–H groups in total. The molecule has 0 aromatic rings. The minimum absolute atomic E-state index is 0.478. The maximum atomic E-state index is 5.53. The molecule has 102 valence electrons. The third kappa shape index (κ3) is 3.64. The minimum atomic E-state index is 0.478. The Balaban J connectivity index is 1.79. The van der Waals surface area contributed by atoms with E-state index >= 15 is 0 Å². The van der Waals surface area contributed by atoms with Gasteiger partial charge in [0.2, 0.25) is 0 Å². The lowest BCUT2D eigenvalue weighted by molar-refractivity contribution is 0.289. The first-order valence-electron chi connectivity index (χ1n) is 7.20. The number of hydrogen-bond acceptors (Lipinski definition) is 2. The molecule has 2 heteroatoms. The molecule has 1 aliphatic carbocycles. The Bertz CT molecular complexity index is 294. The number of rotatable bonds is 1. The smallest absolute Gasteiger partial charge is 0.0530 e. The molecule has 1 saturated heterocycles. The molecule has 1 heterocycles. The van der Waals surface area contributed by atoms with Crippen molar-refractivity contribution in [1.29, 1.82) is 0 Å². The summed E-state index contributed by atoms with van der Waals surface area (Å²) in [6, 6.07) is 0. The summed E-state index contributed by atoms with van der Waals surface area (Å²) in [7, 11) is 0. The van der Waals surface area contributed by atoms with Gasteiger partial charge in [-0.15, -0.1) is 35.9 Å². The monoisotopic (exact) mass is 282 g/mol. The van der Waals surface area contributed by atoms with Gasteiger partial charge in [0.1, 0.15) is 0 Å². The summed E-state index contributed by atoms with van der Waals surface area (Å²) in [6.45, 7) is 7.16. The van der Waals surface area contributed by atoms with Gasteiger partial charge in [-0.3, -0.25) is 0 Å². The van der Waals surface area contributed by atoms with Gasteiger partial charge in [0.25, 0.3) is 0 Å². The first-order chi connectivity index (χ1) is 8.50. The van der Waals surface area contributed by atoms with E-state index < -0.39 is 0 Å². The van der Waals surface area contributed by atoms with Crippen molar-refractivity contribution in [3.8, 4) is 12.3 Å². The molecule has 0 amide bonds. The van der Waals surface area contributed by atoms with Crippen LogP contribution in [-0.4, -0.2) is 16.1 Å². The van der Waals surface area contributed by atoms with Crippen molar-refractivity contribution in [3.63, 3.8) is 0 Å². The van der Waals surface area contributed by atoms with Crippen molar-refractivity contribution in [2.45, 2.75) is 51.0 Å². The molecule has 0 radical (unpaired) electrons. The second-order valence-electron chi connectivity index (χ2n) is 6.88. The van der Waals surface area contributed by atoms with E-state index in [1.54, 1.807) is 0 Å². The lowest BCUT2D eigenvalue weighted by Crippen LogP contribution is -2.32. The van der Waals surface area contributed by atoms with Gasteiger partial charge in [-0.25, -0.2) is 0 Å². The third-order valence-corrected chi connectivity index (χ3v) is 7.97. The lowest BCUT2D eigenvalue weighted by atomic mass is 9.83. The first-order valence-corrected chi connectivity index (χ1v) is 9.30. The fraction of sp³-hybridized carbons (Fsp3) is 0.875. The molecule has 0 aromatic heterocycles. The highest BCUT2D eigenvalue weighted by molar-refractivity contribution is 8.17. The van der Waals surface area contributed by atoms with Crippen LogP contribution in [0.15, 0.2) is 0 Å². The second-order valence-corrected chi connectivity index (χ2v) is 9.52. The minimum Gasteiger partial charge on any atom is -0.147 e. The Morgan fingerprint density at radius 1 is 1.00 bits per heavy atom. The van der Waals surface area contributed by atoms with Crippen molar-refractivity contribution < 1.29 is 0 Å². The number of terminal acetylenes is 1. The largest absolute Gasteiger partial charge is 0.147 e. The van der Waals surface area contributed by atoms with Crippen molar-refractivity contribution >= 4 is 23.5 Å². The van der Waals surface area contributed by atoms with Crippen molar-refractivity contribution in [3.05, 3.63) is 0 Å². The zero-order valence-electron chi connectivity index (χ0n) is 11.9. The highest BCUT2D eigenvalue weighted by atomic mass is 32.2. The molecule has 0 bridgehead atoms. The summed E-state index contributed by atoms with van der Waals surface area (Å²) < 4.78 is 0.849. The molecule has 18 heavy (non-hydrogen) atoms. The number of hydrogen-bond donors (Lipinski definition) is 0. The van der Waals surface area contributed by atoms with Gasteiger partial charge in [0, 0.05) is 5.92 Å². The molecule has 1 aliphatic heterocycles. The van der Waals surface area contributed by atoms with Crippen molar-refractivity contribution in [1.82, 2.24) is 0 Å². The van der Waals surface area contributed by atoms with Crippen LogP contribution in [0.5, 0.6) is 0 Å². The third-order valence-electron chi connectivity index (χ3n) is 4.54. The average Bonchev–Trinajstić information content (AvgIpc) is 2.38. The van der Waals surface area contributed by atoms with Crippen molar-refractivity contribution in [2.75, 3.05) is 11.5 Å². The topological polar surface area (TPSA) is 0 Å². The van der Waals surface area contributed by atoms with Crippen LogP contribution in [0.25, 0.3) is 0 Å². The summed E-state index contributed by atoms with van der Waals surface area (Å²) in [4.78, 5) is 0. The molecule has 0 unspecified atom stereocenters. The van der Waals surface area contributed by atoms with Gasteiger partial charge < -0.3 is 0 Å². The van der Waals surface area contributed by atoms with E-state index in [0.29, 0.717) is 11.3 Å². The summed E-state index contributed by atoms with van der Waals surface area (Å²) >= 11 is 4.45. The summed E-state index contributed by atoms with van der Waals surface area (Å²) in [5.74, 6) is 8.03. The van der Waals surface area contributed by atoms with Gasteiger partial charge in [-0.2, -0.15) is 0 Å². The summed E-state index contributed by atoms with van der Waals surface area (Å²) in [5.41, 5.74) is 0.478. The average molecular weight is 283 g/mol. The molecule has 2 fully saturated rings. The van der Waals surface area contributed by atoms with E-state index in [0.717, 1.165) is 16.4 Å². The standard InChI is InChI=1S/C16H26S2/c1-5-12-6-8-13(9-7-12)15-17-10-14(11-18-15)16(2,3)4/h1,12-15H,6-11H2,2-4H3/t12-,13+,14-,15-. The highest BCUT2D eigenvalue weighted by Crippen LogP contribution is 2.47. The molecular formula is C16H26S2. The van der Waals surface area contributed by atoms with Crippen LogP contribution in [0.2, 0.25) is 0 Å². The van der Waals surface area contributed by atoms with E-state index in [1.807, 2.05) is 0 Å². The fourth-order valence-corrected chi connectivity index (χ4v) is 7.02. The van der Waals surface area contributed by atoms with Crippen LogP contribution in [0.3, 0.4) is 0 Å². The summed E-state index contributed by atoms with van der Waals surface area (Å²) in [6.07, 6.45) is 10.8. The van der Waals surface area contributed by atoms with Gasteiger partial charge in [-0.05, 0) is 54.4 Å². The van der Waals surface area contributed by atoms with Crippen LogP contribution >= 0.6 is 23.5 Å². The quantitative estimate of drug-likeness (QED) is 0.628. The van der Waals surface area contributed by atoms with Crippen LogP contribution in [0, 0.1) is 35.5 Å². The Morgan fingerprint density at radius 3 is 2.00 bits per heavy atom. The molecule has 2 aliphatic rings. The molecule has 1 saturated carbocycles. The van der Waals surface area contributed by atoms with Crippen LogP contribution < -0.4 is 0 Å². The van der Waals surface area contributed by atoms with Crippen LogP contribution in [0.4, 0.5) is 0 Å². The number of thioether (sulfide) groups is 2. The maximum Gasteiger partial charge on any atom is 0.0530 e. The van der Waals surface area contributed by atoms with E-state index in [-0.39, 0.29) is 0 Å². The predicted octanol–water partition coefficient (Wildman–Crippen LogP) is 4.89. The molecule has 0 atom stereocenters. The van der Waals surface area contributed by atoms with Crippen molar-refractivity contribution in [2.24, 2.45) is 23.2 Å². The van der Waals surface area contributed by atoms with Crippen LogP contribution in [-0.2, 0) is 0 Å². The van der Waals surface area contributed by atoms with E-state index in [1.165, 1.54) is 37.2 Å². The van der Waals surface area contributed by atoms with Gasteiger partial charge in [0.15, 0.2) is 0 Å². The molecular weight excluding hydrogens is 256 g/mol. The highest BCUT2D eigenvalue weighted by Gasteiger charge is 2.35. The Labute approximate surface area is 121 Å². The van der Waals surface area contributed by atoms with E-state index in [2.05, 4.69) is 50.2 Å². The fourth-order valence-electron chi connectivity index (χ4n) is 2.85. The Morgan fingerprint density at radius 2 is 1.56 bits per heavy atom. The summed E-state index contributed by atoms with van der Waals surface area (Å²) in [5, 5.41) is 0. The van der Waals surface area contributed by atoms with Crippen LogP contribution in [0.1, 0.15) is 46.5 Å². The van der Waals surface area contributed by atoms with E-state index in [9.17, 15) is 0 Å². The molecule has 0 spiro atoms. The molecule has 0 aromatic carbocycles. The van der Waals surface area contributed by atoms with E-state index in [4.69, 9.17) is 6.42 Å². The van der Waals surface area contributed by atoms with Gasteiger partial charge >= 0.3 is 0 Å². The zero-order valence-corrected chi connectivity index (χ0v) is 13.6. The normalized spacial score (nSPS) is 38.1. The van der Waals surface area contributed by atoms with Gasteiger partial charge in [0.05, 0.1) is 4.58 Å². The first kappa shape index (κ1) is 14.7. The van der Waals surface area contributed by atoms with Gasteiger partial charge in [-0.1, -0.05) is 20.8 Å². The SMILES string of the molecule is C#C[C@H]1CC[C@@H]([C@H]2SC[C@H](C(C)(C)C)CS2)CC1. The predicted molar refractivity (Wildman–Crippen MR) is 85.9 cm³/mol. The maximum absolute atomic E-state index is 5.53. The Kier molecular flexibility index (Phi) is 5.00. The second kappa shape index (κ2) is 6.14. The lowest BCUT2D eigenvalue weighted by Gasteiger charge is -2.40. The molecule has 0 nitrogen and oxygen atoms in total. The molecule has 2 rings (SSSR count).